The molecule has 6 heteroatoms. The average molecular weight is 272 g/mol. The Hall–Kier alpha value is -0.750. The Balaban J connectivity index is 1.99. The van der Waals surface area contributed by atoms with Crippen molar-refractivity contribution in [3.63, 3.8) is 0 Å². The fourth-order valence-electron chi connectivity index (χ4n) is 1.93. The summed E-state index contributed by atoms with van der Waals surface area (Å²) in [5.41, 5.74) is 0.171. The molecular formula is C11H16N2O2S2. The third-order valence-electron chi connectivity index (χ3n) is 3.26. The molecule has 4 nitrogen and oxygen atoms in total. The summed E-state index contributed by atoms with van der Waals surface area (Å²) >= 11 is 3.31. The molecule has 0 saturated heterocycles. The average Bonchev–Trinajstić information content (AvgIpc) is 2.59. The summed E-state index contributed by atoms with van der Waals surface area (Å²) in [5, 5.41) is 12.9. The number of anilines is 1. The van der Waals surface area contributed by atoms with Crippen molar-refractivity contribution in [1.29, 1.82) is 0 Å². The van der Waals surface area contributed by atoms with Gasteiger partial charge < -0.3 is 10.4 Å². The van der Waals surface area contributed by atoms with Crippen LogP contribution in [0.25, 0.3) is 0 Å². The van der Waals surface area contributed by atoms with Gasteiger partial charge in [0.25, 0.3) is 0 Å². The van der Waals surface area contributed by atoms with Crippen LogP contribution in [0.15, 0.2) is 0 Å². The predicted molar refractivity (Wildman–Crippen MR) is 72.4 cm³/mol. The van der Waals surface area contributed by atoms with Crippen LogP contribution in [0.2, 0.25) is 0 Å². The first-order valence-electron chi connectivity index (χ1n) is 5.56. The SMILES string of the molecule is CSC1(CNc2nc(C(=O)O)c(C)s2)CCC1. The molecule has 17 heavy (non-hydrogen) atoms. The fourth-order valence-corrected chi connectivity index (χ4v) is 3.65. The molecule has 1 aliphatic carbocycles. The minimum Gasteiger partial charge on any atom is -0.476 e. The van der Waals surface area contributed by atoms with Gasteiger partial charge in [-0.05, 0) is 26.0 Å². The third-order valence-corrected chi connectivity index (χ3v) is 5.61. The van der Waals surface area contributed by atoms with E-state index < -0.39 is 5.97 Å². The quantitative estimate of drug-likeness (QED) is 0.863. The summed E-state index contributed by atoms with van der Waals surface area (Å²) in [6.45, 7) is 2.67. The van der Waals surface area contributed by atoms with Gasteiger partial charge in [-0.1, -0.05) is 6.42 Å². The van der Waals surface area contributed by atoms with Crippen molar-refractivity contribution in [2.75, 3.05) is 18.1 Å². The van der Waals surface area contributed by atoms with E-state index in [0.29, 0.717) is 4.75 Å². The van der Waals surface area contributed by atoms with E-state index >= 15 is 0 Å². The van der Waals surface area contributed by atoms with E-state index in [-0.39, 0.29) is 5.69 Å². The minimum absolute atomic E-state index is 0.171. The number of rotatable bonds is 5. The highest BCUT2D eigenvalue weighted by Crippen LogP contribution is 2.42. The molecular weight excluding hydrogens is 256 g/mol. The molecule has 0 amide bonds. The topological polar surface area (TPSA) is 62.2 Å². The van der Waals surface area contributed by atoms with Crippen LogP contribution in [0.1, 0.15) is 34.6 Å². The van der Waals surface area contributed by atoms with Gasteiger partial charge in [0, 0.05) is 16.2 Å². The molecule has 2 rings (SSSR count). The zero-order valence-electron chi connectivity index (χ0n) is 9.95. The number of thiazole rings is 1. The first-order valence-corrected chi connectivity index (χ1v) is 7.60. The molecule has 1 saturated carbocycles. The molecule has 0 unspecified atom stereocenters. The summed E-state index contributed by atoms with van der Waals surface area (Å²) < 4.78 is 0.336. The Kier molecular flexibility index (Phi) is 3.63. The number of carbonyl (C=O) groups is 1. The first-order chi connectivity index (χ1) is 8.06. The van der Waals surface area contributed by atoms with Crippen LogP contribution in [0.3, 0.4) is 0 Å². The van der Waals surface area contributed by atoms with Gasteiger partial charge >= 0.3 is 5.97 Å². The number of aromatic nitrogens is 1. The predicted octanol–water partition coefficient (Wildman–Crippen LogP) is 2.85. The standard InChI is InChI=1S/C11H16N2O2S2/c1-7-8(9(14)15)13-10(17-7)12-6-11(16-2)4-3-5-11/h3-6H2,1-2H3,(H,12,13)(H,14,15). The van der Waals surface area contributed by atoms with E-state index in [1.807, 2.05) is 11.8 Å². The normalized spacial score (nSPS) is 17.5. The second-order valence-corrected chi connectivity index (χ2v) is 6.80. The highest BCUT2D eigenvalue weighted by atomic mass is 32.2. The Bertz CT molecular complexity index is 422. The summed E-state index contributed by atoms with van der Waals surface area (Å²) in [7, 11) is 0. The maximum absolute atomic E-state index is 10.9. The second kappa shape index (κ2) is 4.86. The van der Waals surface area contributed by atoms with Crippen LogP contribution in [-0.2, 0) is 0 Å². The van der Waals surface area contributed by atoms with E-state index in [4.69, 9.17) is 5.11 Å². The summed E-state index contributed by atoms with van der Waals surface area (Å²) in [5.74, 6) is -0.949. The number of aromatic carboxylic acids is 1. The molecule has 0 atom stereocenters. The number of carboxylic acids is 1. The van der Waals surface area contributed by atoms with Crippen LogP contribution in [0.5, 0.6) is 0 Å². The number of nitrogens with zero attached hydrogens (tertiary/aromatic N) is 1. The number of nitrogens with one attached hydrogen (secondary N) is 1. The van der Waals surface area contributed by atoms with Gasteiger partial charge in [0.15, 0.2) is 10.8 Å². The van der Waals surface area contributed by atoms with Crippen molar-refractivity contribution in [1.82, 2.24) is 4.98 Å². The van der Waals surface area contributed by atoms with E-state index in [1.165, 1.54) is 30.6 Å². The Morgan fingerprint density at radius 3 is 2.76 bits per heavy atom. The lowest BCUT2D eigenvalue weighted by molar-refractivity contribution is 0.0690. The number of hydrogen-bond donors (Lipinski definition) is 2. The van der Waals surface area contributed by atoms with Crippen LogP contribution in [-0.4, -0.2) is 33.6 Å². The number of carboxylic acid groups (broad SMARTS) is 1. The van der Waals surface area contributed by atoms with Gasteiger partial charge in [-0.25, -0.2) is 9.78 Å². The van der Waals surface area contributed by atoms with Crippen molar-refractivity contribution in [3.05, 3.63) is 10.6 Å². The Morgan fingerprint density at radius 2 is 2.35 bits per heavy atom. The van der Waals surface area contributed by atoms with Gasteiger partial charge in [-0.3, -0.25) is 0 Å². The van der Waals surface area contributed by atoms with Gasteiger partial charge in [0.1, 0.15) is 0 Å². The Labute approximate surface area is 109 Å². The lowest BCUT2D eigenvalue weighted by Gasteiger charge is -2.40. The Morgan fingerprint density at radius 1 is 1.65 bits per heavy atom. The van der Waals surface area contributed by atoms with Crippen LogP contribution in [0, 0.1) is 6.92 Å². The third kappa shape index (κ3) is 2.57. The van der Waals surface area contributed by atoms with E-state index in [9.17, 15) is 4.79 Å². The highest BCUT2D eigenvalue weighted by Gasteiger charge is 2.36. The van der Waals surface area contributed by atoms with Gasteiger partial charge in [-0.15, -0.1) is 11.3 Å². The van der Waals surface area contributed by atoms with E-state index in [0.717, 1.165) is 16.6 Å². The maximum Gasteiger partial charge on any atom is 0.355 e. The molecule has 0 radical (unpaired) electrons. The molecule has 94 valence electrons. The summed E-state index contributed by atoms with van der Waals surface area (Å²) in [4.78, 5) is 15.7. The van der Waals surface area contributed by atoms with Crippen LogP contribution >= 0.6 is 23.1 Å². The van der Waals surface area contributed by atoms with Crippen LogP contribution < -0.4 is 5.32 Å². The van der Waals surface area contributed by atoms with Crippen molar-refractivity contribution in [2.45, 2.75) is 30.9 Å². The molecule has 0 bridgehead atoms. The molecule has 0 aliphatic heterocycles. The van der Waals surface area contributed by atoms with Crippen molar-refractivity contribution in [3.8, 4) is 0 Å². The molecule has 1 aromatic rings. The molecule has 1 fully saturated rings. The molecule has 0 aromatic carbocycles. The smallest absolute Gasteiger partial charge is 0.355 e. The molecule has 1 aromatic heterocycles. The number of aryl methyl sites for hydroxylation is 1. The maximum atomic E-state index is 10.9. The number of thioether (sulfide) groups is 1. The minimum atomic E-state index is -0.949. The largest absolute Gasteiger partial charge is 0.476 e. The van der Waals surface area contributed by atoms with E-state index in [2.05, 4.69) is 16.6 Å². The van der Waals surface area contributed by atoms with Crippen molar-refractivity contribution in [2.24, 2.45) is 0 Å². The summed E-state index contributed by atoms with van der Waals surface area (Å²) in [6.07, 6.45) is 5.89. The van der Waals surface area contributed by atoms with Crippen LogP contribution in [0.4, 0.5) is 5.13 Å². The molecule has 1 aliphatic rings. The van der Waals surface area contributed by atoms with E-state index in [1.54, 1.807) is 6.92 Å². The van der Waals surface area contributed by atoms with Gasteiger partial charge in [0.2, 0.25) is 0 Å². The highest BCUT2D eigenvalue weighted by molar-refractivity contribution is 8.00. The molecule has 1 heterocycles. The second-order valence-electron chi connectivity index (χ2n) is 4.32. The molecule has 0 spiro atoms. The van der Waals surface area contributed by atoms with Crippen molar-refractivity contribution < 1.29 is 9.90 Å². The first kappa shape index (κ1) is 12.7. The lowest BCUT2D eigenvalue weighted by atomic mass is 9.84. The van der Waals surface area contributed by atoms with Gasteiger partial charge in [-0.2, -0.15) is 11.8 Å². The van der Waals surface area contributed by atoms with Crippen molar-refractivity contribution >= 4 is 34.2 Å². The number of hydrogen-bond acceptors (Lipinski definition) is 5. The lowest BCUT2D eigenvalue weighted by Crippen LogP contribution is -2.40. The fraction of sp³-hybridized carbons (Fsp3) is 0.636. The van der Waals surface area contributed by atoms with Gasteiger partial charge in [0.05, 0.1) is 0 Å². The zero-order valence-corrected chi connectivity index (χ0v) is 11.6. The summed E-state index contributed by atoms with van der Waals surface area (Å²) in [6, 6.07) is 0. The molecule has 2 N–H and O–H groups in total. The zero-order chi connectivity index (χ0) is 12.5. The monoisotopic (exact) mass is 272 g/mol.